The zero-order chi connectivity index (χ0) is 18.5. The van der Waals surface area contributed by atoms with Gasteiger partial charge in [-0.3, -0.25) is 14.9 Å². The molecule has 2 aromatic carbocycles. The molecule has 0 radical (unpaired) electrons. The smallest absolute Gasteiger partial charge is 0.271 e. The number of non-ortho nitro benzene ring substituents is 1. The molecule has 26 heavy (non-hydrogen) atoms. The molecule has 1 aliphatic rings. The van der Waals surface area contributed by atoms with Crippen molar-refractivity contribution in [3.8, 4) is 0 Å². The van der Waals surface area contributed by atoms with Crippen LogP contribution in [0.25, 0.3) is 0 Å². The van der Waals surface area contributed by atoms with Crippen molar-refractivity contribution in [2.45, 2.75) is 19.8 Å². The fourth-order valence-electron chi connectivity index (χ4n) is 3.02. The van der Waals surface area contributed by atoms with Crippen molar-refractivity contribution in [2.75, 3.05) is 18.0 Å². The van der Waals surface area contributed by atoms with Gasteiger partial charge in [0.1, 0.15) is 0 Å². The summed E-state index contributed by atoms with van der Waals surface area (Å²) >= 11 is 0. The Morgan fingerprint density at radius 3 is 2.69 bits per heavy atom. The molecular weight excluding hydrogens is 332 g/mol. The topological polar surface area (TPSA) is 87.8 Å². The molecule has 134 valence electrons. The largest absolute Gasteiger partial charge is 0.371 e. The van der Waals surface area contributed by atoms with Gasteiger partial charge in [-0.15, -0.1) is 0 Å². The van der Waals surface area contributed by atoms with E-state index in [0.29, 0.717) is 11.1 Å². The van der Waals surface area contributed by atoms with Crippen LogP contribution in [0.2, 0.25) is 0 Å². The molecule has 0 aliphatic carbocycles. The fraction of sp³-hybridized carbons (Fsp3) is 0.263. The molecule has 0 unspecified atom stereocenters. The lowest BCUT2D eigenvalue weighted by atomic mass is 10.1. The van der Waals surface area contributed by atoms with E-state index in [9.17, 15) is 14.9 Å². The molecule has 1 fully saturated rings. The third kappa shape index (κ3) is 4.05. The Labute approximate surface area is 151 Å². The Morgan fingerprint density at radius 2 is 2.00 bits per heavy atom. The number of anilines is 1. The average molecular weight is 352 g/mol. The maximum Gasteiger partial charge on any atom is 0.271 e. The highest BCUT2D eigenvalue weighted by molar-refractivity contribution is 5.96. The minimum atomic E-state index is -0.434. The van der Waals surface area contributed by atoms with Crippen LogP contribution in [0.3, 0.4) is 0 Å². The number of aryl methyl sites for hydroxylation is 1. The first-order valence-corrected chi connectivity index (χ1v) is 8.48. The first-order chi connectivity index (χ1) is 12.5. The summed E-state index contributed by atoms with van der Waals surface area (Å²) in [5, 5.41) is 15.1. The van der Waals surface area contributed by atoms with Gasteiger partial charge in [-0.05, 0) is 38.0 Å². The Kier molecular flexibility index (Phi) is 5.26. The Morgan fingerprint density at radius 1 is 1.23 bits per heavy atom. The molecule has 1 amide bonds. The third-order valence-electron chi connectivity index (χ3n) is 4.32. The lowest BCUT2D eigenvalue weighted by Gasteiger charge is -2.19. The number of amides is 1. The summed E-state index contributed by atoms with van der Waals surface area (Å²) < 4.78 is 0. The quantitative estimate of drug-likeness (QED) is 0.508. The van der Waals surface area contributed by atoms with Crippen LogP contribution >= 0.6 is 0 Å². The zero-order valence-corrected chi connectivity index (χ0v) is 14.5. The molecule has 1 N–H and O–H groups in total. The highest BCUT2D eigenvalue weighted by atomic mass is 16.6. The minimum Gasteiger partial charge on any atom is -0.371 e. The van der Waals surface area contributed by atoms with Crippen LogP contribution < -0.4 is 10.3 Å². The van der Waals surface area contributed by atoms with Crippen LogP contribution in [0.1, 0.15) is 34.3 Å². The Balaban J connectivity index is 1.80. The second kappa shape index (κ2) is 7.77. The Bertz CT molecular complexity index is 858. The number of nitrogens with one attached hydrogen (secondary N) is 1. The van der Waals surface area contributed by atoms with Gasteiger partial charge in [-0.25, -0.2) is 5.43 Å². The molecule has 3 rings (SSSR count). The van der Waals surface area contributed by atoms with Crippen LogP contribution in [0.15, 0.2) is 47.6 Å². The predicted octanol–water partition coefficient (Wildman–Crippen LogP) is 3.27. The summed E-state index contributed by atoms with van der Waals surface area (Å²) in [6, 6.07) is 11.9. The number of nitro groups is 1. The van der Waals surface area contributed by atoms with Gasteiger partial charge >= 0.3 is 0 Å². The van der Waals surface area contributed by atoms with E-state index in [1.54, 1.807) is 24.3 Å². The fourth-order valence-corrected chi connectivity index (χ4v) is 3.02. The van der Waals surface area contributed by atoms with Crippen LogP contribution in [-0.4, -0.2) is 30.1 Å². The summed E-state index contributed by atoms with van der Waals surface area (Å²) in [5.74, 6) is -0.321. The van der Waals surface area contributed by atoms with Gasteiger partial charge in [-0.1, -0.05) is 17.7 Å². The molecule has 7 nitrogen and oxygen atoms in total. The van der Waals surface area contributed by atoms with Crippen molar-refractivity contribution in [2.24, 2.45) is 5.10 Å². The Hall–Kier alpha value is -3.22. The molecular formula is C19H20N4O3. The molecule has 0 atom stereocenters. The van der Waals surface area contributed by atoms with Crippen molar-refractivity contribution in [3.05, 3.63) is 69.3 Å². The second-order valence-electron chi connectivity index (χ2n) is 6.26. The van der Waals surface area contributed by atoms with Gasteiger partial charge in [0.05, 0.1) is 11.1 Å². The predicted molar refractivity (Wildman–Crippen MR) is 101 cm³/mol. The van der Waals surface area contributed by atoms with Crippen molar-refractivity contribution in [3.63, 3.8) is 0 Å². The maximum absolute atomic E-state index is 12.2. The minimum absolute atomic E-state index is 0.000548. The van der Waals surface area contributed by atoms with Gasteiger partial charge in [0.15, 0.2) is 0 Å². The molecule has 1 saturated heterocycles. The molecule has 1 aliphatic heterocycles. The van der Waals surface area contributed by atoms with Crippen molar-refractivity contribution in [1.82, 2.24) is 5.43 Å². The van der Waals surface area contributed by atoms with Crippen molar-refractivity contribution in [1.29, 1.82) is 0 Å². The standard InChI is InChI=1S/C19H20N4O3/c1-14-5-4-6-15(11-14)19(24)21-20-13-16-12-17(23(25)26)7-8-18(16)22-9-2-3-10-22/h4-8,11-13H,2-3,9-10H2,1H3,(H,21,24)/b20-13-. The number of hydrogen-bond donors (Lipinski definition) is 1. The van der Waals surface area contributed by atoms with Gasteiger partial charge in [0, 0.05) is 42.0 Å². The van der Waals surface area contributed by atoms with Crippen LogP contribution in [-0.2, 0) is 0 Å². The average Bonchev–Trinajstić information content (AvgIpc) is 3.16. The van der Waals surface area contributed by atoms with E-state index in [1.807, 2.05) is 13.0 Å². The van der Waals surface area contributed by atoms with Gasteiger partial charge in [0.25, 0.3) is 11.6 Å². The number of nitrogens with zero attached hydrogens (tertiary/aromatic N) is 3. The number of rotatable bonds is 5. The number of hydrogen-bond acceptors (Lipinski definition) is 5. The monoisotopic (exact) mass is 352 g/mol. The maximum atomic E-state index is 12.2. The van der Waals surface area contributed by atoms with Crippen LogP contribution in [0.4, 0.5) is 11.4 Å². The SMILES string of the molecule is Cc1cccc(C(=O)N/N=C\c2cc([N+](=O)[O-])ccc2N2CCCC2)c1. The summed E-state index contributed by atoms with van der Waals surface area (Å²) in [6.45, 7) is 3.73. The molecule has 0 bridgehead atoms. The summed E-state index contributed by atoms with van der Waals surface area (Å²) in [5.41, 5.74) is 5.49. The zero-order valence-electron chi connectivity index (χ0n) is 14.5. The van der Waals surface area contributed by atoms with E-state index in [2.05, 4.69) is 15.4 Å². The van der Waals surface area contributed by atoms with E-state index in [1.165, 1.54) is 18.3 Å². The second-order valence-corrected chi connectivity index (χ2v) is 6.26. The van der Waals surface area contributed by atoms with Gasteiger partial charge < -0.3 is 4.90 Å². The van der Waals surface area contributed by atoms with Crippen LogP contribution in [0.5, 0.6) is 0 Å². The lowest BCUT2D eigenvalue weighted by Crippen LogP contribution is -2.20. The highest BCUT2D eigenvalue weighted by Crippen LogP contribution is 2.27. The van der Waals surface area contributed by atoms with E-state index in [-0.39, 0.29) is 11.6 Å². The number of carbonyl (C=O) groups excluding carboxylic acids is 1. The van der Waals surface area contributed by atoms with E-state index in [4.69, 9.17) is 0 Å². The van der Waals surface area contributed by atoms with E-state index in [0.717, 1.165) is 37.2 Å². The number of nitro benzene ring substituents is 1. The molecule has 2 aromatic rings. The molecule has 1 heterocycles. The molecule has 0 spiro atoms. The summed E-state index contributed by atoms with van der Waals surface area (Å²) in [4.78, 5) is 25.0. The van der Waals surface area contributed by atoms with Gasteiger partial charge in [-0.2, -0.15) is 5.10 Å². The summed E-state index contributed by atoms with van der Waals surface area (Å²) in [7, 11) is 0. The van der Waals surface area contributed by atoms with Crippen molar-refractivity contribution >= 4 is 23.5 Å². The van der Waals surface area contributed by atoms with Crippen molar-refractivity contribution < 1.29 is 9.72 Å². The third-order valence-corrected chi connectivity index (χ3v) is 4.32. The number of carbonyl (C=O) groups is 1. The van der Waals surface area contributed by atoms with Gasteiger partial charge in [0.2, 0.25) is 0 Å². The lowest BCUT2D eigenvalue weighted by molar-refractivity contribution is -0.384. The molecule has 0 aromatic heterocycles. The normalized spacial score (nSPS) is 14.0. The first-order valence-electron chi connectivity index (χ1n) is 8.48. The van der Waals surface area contributed by atoms with E-state index >= 15 is 0 Å². The molecule has 0 saturated carbocycles. The first kappa shape index (κ1) is 17.6. The molecule has 7 heteroatoms. The number of hydrazone groups is 1. The number of benzene rings is 2. The van der Waals surface area contributed by atoms with Crippen LogP contribution in [0, 0.1) is 17.0 Å². The van der Waals surface area contributed by atoms with E-state index < -0.39 is 4.92 Å². The highest BCUT2D eigenvalue weighted by Gasteiger charge is 2.18. The summed E-state index contributed by atoms with van der Waals surface area (Å²) in [6.07, 6.45) is 3.66.